The van der Waals surface area contributed by atoms with Crippen molar-refractivity contribution in [2.75, 3.05) is 19.6 Å². The summed E-state index contributed by atoms with van der Waals surface area (Å²) >= 11 is 0. The van der Waals surface area contributed by atoms with E-state index in [2.05, 4.69) is 17.6 Å². The number of nitrogens with zero attached hydrogens (tertiary/aromatic N) is 1. The molecule has 1 saturated carbocycles. The Morgan fingerprint density at radius 3 is 2.59 bits per heavy atom. The zero-order valence-electron chi connectivity index (χ0n) is 14.1. The second-order valence-corrected chi connectivity index (χ2v) is 6.83. The third kappa shape index (κ3) is 4.70. The number of rotatable bonds is 7. The second kappa shape index (κ2) is 8.51. The van der Waals surface area contributed by atoms with Crippen molar-refractivity contribution in [3.63, 3.8) is 0 Å². The van der Waals surface area contributed by atoms with Crippen molar-refractivity contribution in [1.29, 1.82) is 0 Å². The molecule has 1 heterocycles. The van der Waals surface area contributed by atoms with Gasteiger partial charge in [-0.25, -0.2) is 0 Å². The normalized spacial score (nSPS) is 23.5. The Bertz CT molecular complexity index is 374. The van der Waals surface area contributed by atoms with Crippen molar-refractivity contribution >= 4 is 11.8 Å². The van der Waals surface area contributed by atoms with Crippen LogP contribution in [-0.2, 0) is 9.59 Å². The van der Waals surface area contributed by atoms with Crippen LogP contribution in [-0.4, -0.2) is 48.4 Å². The quantitative estimate of drug-likeness (QED) is 0.752. The van der Waals surface area contributed by atoms with E-state index in [1.165, 1.54) is 0 Å². The van der Waals surface area contributed by atoms with Crippen molar-refractivity contribution in [3.8, 4) is 0 Å². The molecule has 1 aliphatic carbocycles. The predicted molar refractivity (Wildman–Crippen MR) is 87.5 cm³/mol. The van der Waals surface area contributed by atoms with E-state index in [1.54, 1.807) is 0 Å². The summed E-state index contributed by atoms with van der Waals surface area (Å²) in [5.41, 5.74) is 0. The highest BCUT2D eigenvalue weighted by Gasteiger charge is 2.28. The first-order valence-corrected chi connectivity index (χ1v) is 8.92. The Labute approximate surface area is 134 Å². The maximum atomic E-state index is 12.6. The number of amides is 2. The average Bonchev–Trinajstić information content (AvgIpc) is 3.17. The molecule has 126 valence electrons. The van der Waals surface area contributed by atoms with Crippen LogP contribution in [0.3, 0.4) is 0 Å². The molecule has 0 aromatic rings. The molecule has 1 aliphatic heterocycles. The molecular formula is C17H31N3O2. The monoisotopic (exact) mass is 309 g/mol. The fourth-order valence-electron chi connectivity index (χ4n) is 3.64. The molecule has 5 nitrogen and oxygen atoms in total. The maximum Gasteiger partial charge on any atom is 0.224 e. The Balaban J connectivity index is 1.81. The Hall–Kier alpha value is -1.10. The topological polar surface area (TPSA) is 61.4 Å². The summed E-state index contributed by atoms with van der Waals surface area (Å²) < 4.78 is 0. The smallest absolute Gasteiger partial charge is 0.224 e. The molecule has 0 aromatic heterocycles. The first-order chi connectivity index (χ1) is 10.6. The fourth-order valence-corrected chi connectivity index (χ4v) is 3.64. The van der Waals surface area contributed by atoms with E-state index in [4.69, 9.17) is 0 Å². The minimum absolute atomic E-state index is 0.0747. The van der Waals surface area contributed by atoms with Gasteiger partial charge in [-0.1, -0.05) is 19.8 Å². The average molecular weight is 309 g/mol. The summed E-state index contributed by atoms with van der Waals surface area (Å²) in [7, 11) is 0. The molecule has 22 heavy (non-hydrogen) atoms. The van der Waals surface area contributed by atoms with Crippen LogP contribution in [0.4, 0.5) is 0 Å². The molecule has 1 saturated heterocycles. The van der Waals surface area contributed by atoms with Gasteiger partial charge in [0.25, 0.3) is 0 Å². The van der Waals surface area contributed by atoms with E-state index in [1.807, 2.05) is 11.8 Å². The van der Waals surface area contributed by atoms with Gasteiger partial charge in [0, 0.05) is 37.5 Å². The third-order valence-corrected chi connectivity index (χ3v) is 4.86. The van der Waals surface area contributed by atoms with Gasteiger partial charge in [0.1, 0.15) is 0 Å². The van der Waals surface area contributed by atoms with Gasteiger partial charge >= 0.3 is 0 Å². The minimum atomic E-state index is -0.0747. The Morgan fingerprint density at radius 1 is 1.27 bits per heavy atom. The van der Waals surface area contributed by atoms with Crippen molar-refractivity contribution in [2.45, 2.75) is 70.9 Å². The molecule has 2 N–H and O–H groups in total. The molecule has 2 rings (SSSR count). The molecule has 2 fully saturated rings. The molecule has 0 radical (unpaired) electrons. The van der Waals surface area contributed by atoms with Crippen LogP contribution in [0.2, 0.25) is 0 Å². The van der Waals surface area contributed by atoms with Gasteiger partial charge in [-0.3, -0.25) is 9.59 Å². The summed E-state index contributed by atoms with van der Waals surface area (Å²) in [4.78, 5) is 26.7. The first-order valence-electron chi connectivity index (χ1n) is 8.92. The van der Waals surface area contributed by atoms with Gasteiger partial charge in [-0.05, 0) is 39.2 Å². The van der Waals surface area contributed by atoms with Gasteiger partial charge in [-0.2, -0.15) is 0 Å². The number of hydrogen-bond donors (Lipinski definition) is 2. The third-order valence-electron chi connectivity index (χ3n) is 4.86. The summed E-state index contributed by atoms with van der Waals surface area (Å²) in [6.07, 6.45) is 6.74. The van der Waals surface area contributed by atoms with Crippen LogP contribution >= 0.6 is 0 Å². The molecule has 2 atom stereocenters. The van der Waals surface area contributed by atoms with Gasteiger partial charge in [-0.15, -0.1) is 0 Å². The van der Waals surface area contributed by atoms with Crippen molar-refractivity contribution < 1.29 is 9.59 Å². The summed E-state index contributed by atoms with van der Waals surface area (Å²) in [6, 6.07) is 0.250. The van der Waals surface area contributed by atoms with Crippen LogP contribution in [0.15, 0.2) is 0 Å². The number of hydrogen-bond acceptors (Lipinski definition) is 3. The van der Waals surface area contributed by atoms with Crippen LogP contribution < -0.4 is 10.6 Å². The zero-order chi connectivity index (χ0) is 15.9. The van der Waals surface area contributed by atoms with Crippen LogP contribution in [0, 0.1) is 5.92 Å². The SMILES string of the molecule is CCCN(C(=O)CC(C)NC(=O)C1CCCC1)C1CCNC1. The number of carbonyl (C=O) groups excluding carboxylic acids is 2. The first kappa shape index (κ1) is 17.3. The lowest BCUT2D eigenvalue weighted by Crippen LogP contribution is -2.45. The molecule has 0 spiro atoms. The molecule has 0 aromatic carbocycles. The van der Waals surface area contributed by atoms with Gasteiger partial charge in [0.05, 0.1) is 0 Å². The summed E-state index contributed by atoms with van der Waals surface area (Å²) in [5, 5.41) is 6.36. The highest BCUT2D eigenvalue weighted by molar-refractivity contribution is 5.81. The minimum Gasteiger partial charge on any atom is -0.353 e. The zero-order valence-corrected chi connectivity index (χ0v) is 14.1. The van der Waals surface area contributed by atoms with E-state index < -0.39 is 0 Å². The van der Waals surface area contributed by atoms with E-state index >= 15 is 0 Å². The van der Waals surface area contributed by atoms with Crippen molar-refractivity contribution in [2.24, 2.45) is 5.92 Å². The van der Waals surface area contributed by atoms with E-state index in [0.717, 1.165) is 58.2 Å². The standard InChI is InChI=1S/C17H31N3O2/c1-3-10-20(15-8-9-18-12-15)16(21)11-13(2)19-17(22)14-6-4-5-7-14/h13-15,18H,3-12H2,1-2H3,(H,19,22). The Kier molecular flexibility index (Phi) is 6.68. The highest BCUT2D eigenvalue weighted by Crippen LogP contribution is 2.24. The van der Waals surface area contributed by atoms with Gasteiger partial charge in [0.15, 0.2) is 0 Å². The molecule has 0 bridgehead atoms. The van der Waals surface area contributed by atoms with Crippen LogP contribution in [0.1, 0.15) is 58.8 Å². The van der Waals surface area contributed by atoms with Gasteiger partial charge in [0.2, 0.25) is 11.8 Å². The lowest BCUT2D eigenvalue weighted by atomic mass is 10.1. The Morgan fingerprint density at radius 2 is 2.00 bits per heavy atom. The number of nitrogens with one attached hydrogen (secondary N) is 2. The second-order valence-electron chi connectivity index (χ2n) is 6.83. The van der Waals surface area contributed by atoms with E-state index in [0.29, 0.717) is 12.5 Å². The lowest BCUT2D eigenvalue weighted by Gasteiger charge is -2.29. The lowest BCUT2D eigenvalue weighted by molar-refractivity contribution is -0.134. The summed E-state index contributed by atoms with van der Waals surface area (Å²) in [6.45, 7) is 6.75. The maximum absolute atomic E-state index is 12.6. The van der Waals surface area contributed by atoms with E-state index in [9.17, 15) is 9.59 Å². The fraction of sp³-hybridized carbons (Fsp3) is 0.882. The van der Waals surface area contributed by atoms with E-state index in [-0.39, 0.29) is 23.8 Å². The molecule has 2 aliphatic rings. The predicted octanol–water partition coefficient (Wildman–Crippen LogP) is 1.67. The molecule has 5 heteroatoms. The summed E-state index contributed by atoms with van der Waals surface area (Å²) in [5.74, 6) is 0.487. The van der Waals surface area contributed by atoms with Crippen LogP contribution in [0.5, 0.6) is 0 Å². The van der Waals surface area contributed by atoms with Crippen molar-refractivity contribution in [1.82, 2.24) is 15.5 Å². The van der Waals surface area contributed by atoms with Crippen LogP contribution in [0.25, 0.3) is 0 Å². The molecule has 2 amide bonds. The molecule has 2 unspecified atom stereocenters. The number of carbonyl (C=O) groups is 2. The molecular weight excluding hydrogens is 278 g/mol. The largest absolute Gasteiger partial charge is 0.353 e. The van der Waals surface area contributed by atoms with Gasteiger partial charge < -0.3 is 15.5 Å². The van der Waals surface area contributed by atoms with Crippen molar-refractivity contribution in [3.05, 3.63) is 0 Å². The highest BCUT2D eigenvalue weighted by atomic mass is 16.2.